The van der Waals surface area contributed by atoms with Crippen molar-refractivity contribution in [3.8, 4) is 11.5 Å². The molecular formula is C28H26Cl2F2N2O6S. The maximum atomic E-state index is 13.4. The summed E-state index contributed by atoms with van der Waals surface area (Å²) in [6.07, 6.45) is 4.00. The van der Waals surface area contributed by atoms with Gasteiger partial charge in [-0.1, -0.05) is 47.5 Å². The van der Waals surface area contributed by atoms with Crippen molar-refractivity contribution in [1.82, 2.24) is 9.29 Å². The Kier molecular flexibility index (Phi) is 8.98. The Morgan fingerprint density at radius 3 is 2.34 bits per heavy atom. The Morgan fingerprint density at radius 1 is 1.02 bits per heavy atom. The van der Waals surface area contributed by atoms with Crippen LogP contribution in [0.2, 0.25) is 10.0 Å². The fourth-order valence-corrected chi connectivity index (χ4v) is 6.57. The molecule has 0 radical (unpaired) electrons. The highest BCUT2D eigenvalue weighted by Crippen LogP contribution is 2.38. The first-order chi connectivity index (χ1) is 19.6. The van der Waals surface area contributed by atoms with Gasteiger partial charge in [-0.05, 0) is 60.6 Å². The zero-order valence-corrected chi connectivity index (χ0v) is 23.9. The molecule has 1 aromatic heterocycles. The number of aromatic nitrogens is 1. The molecule has 5 rings (SSSR count). The number of esters is 1. The molecule has 1 saturated carbocycles. The lowest BCUT2D eigenvalue weighted by Crippen LogP contribution is -2.55. The van der Waals surface area contributed by atoms with E-state index in [4.69, 9.17) is 32.7 Å². The molecule has 2 aromatic carbocycles. The first kappa shape index (κ1) is 29.5. The summed E-state index contributed by atoms with van der Waals surface area (Å²) in [5.41, 5.74) is 0.836. The molecular weight excluding hydrogens is 601 g/mol. The quantitative estimate of drug-likeness (QED) is 0.225. The Labute approximate surface area is 246 Å². The number of sulfonamides is 1. The third-order valence-electron chi connectivity index (χ3n) is 6.92. The Hall–Kier alpha value is -2.99. The van der Waals surface area contributed by atoms with Crippen LogP contribution in [0.1, 0.15) is 36.5 Å². The van der Waals surface area contributed by atoms with E-state index < -0.39 is 34.7 Å². The summed E-state index contributed by atoms with van der Waals surface area (Å²) in [5.74, 6) is -0.527. The number of nitrogens with zero attached hydrogens (tertiary/aromatic N) is 2. The van der Waals surface area contributed by atoms with Crippen molar-refractivity contribution in [3.05, 3.63) is 82.1 Å². The first-order valence-electron chi connectivity index (χ1n) is 12.9. The lowest BCUT2D eigenvalue weighted by molar-refractivity contribution is -0.157. The molecule has 0 spiro atoms. The van der Waals surface area contributed by atoms with E-state index in [-0.39, 0.29) is 45.8 Å². The predicted octanol–water partition coefficient (Wildman–Crippen LogP) is 6.07. The molecule has 2 heterocycles. The molecule has 8 nitrogen and oxygen atoms in total. The topological polar surface area (TPSA) is 95.0 Å². The molecule has 2 aliphatic rings. The van der Waals surface area contributed by atoms with Crippen LogP contribution in [0.3, 0.4) is 0 Å². The minimum atomic E-state index is -3.93. The molecule has 41 heavy (non-hydrogen) atoms. The van der Waals surface area contributed by atoms with Gasteiger partial charge in [0.2, 0.25) is 10.0 Å². The molecule has 218 valence electrons. The molecule has 13 heteroatoms. The smallest absolute Gasteiger partial charge is 0.387 e. The van der Waals surface area contributed by atoms with E-state index in [0.717, 1.165) is 17.1 Å². The number of alkyl halides is 2. The number of rotatable bonds is 12. The largest absolute Gasteiger partial charge is 0.489 e. The zero-order chi connectivity index (χ0) is 29.1. The van der Waals surface area contributed by atoms with E-state index in [1.54, 1.807) is 18.2 Å². The van der Waals surface area contributed by atoms with Gasteiger partial charge in [0.15, 0.2) is 11.5 Å². The summed E-state index contributed by atoms with van der Waals surface area (Å²) in [7, 11) is -3.93. The van der Waals surface area contributed by atoms with E-state index >= 15 is 0 Å². The third kappa shape index (κ3) is 6.91. The van der Waals surface area contributed by atoms with Gasteiger partial charge in [0, 0.05) is 25.4 Å². The van der Waals surface area contributed by atoms with E-state index in [1.807, 2.05) is 0 Å². The van der Waals surface area contributed by atoms with Crippen molar-refractivity contribution in [3.63, 3.8) is 0 Å². The number of benzene rings is 2. The number of carbonyl (C=O) groups excluding carboxylic acids is 1. The summed E-state index contributed by atoms with van der Waals surface area (Å²) in [5, 5.41) is 0.469. The molecule has 1 aliphatic carbocycles. The maximum Gasteiger partial charge on any atom is 0.387 e. The zero-order valence-electron chi connectivity index (χ0n) is 21.6. The van der Waals surface area contributed by atoms with E-state index in [2.05, 4.69) is 9.72 Å². The number of ether oxygens (including phenoxy) is 3. The standard InChI is InChI=1S/C28H26Cl2F2N2O6S/c29-21-14-33-15-22(30)20(21)13-25(18-8-9-24(40-28(31)32)26(12-18)38-16-17-6-7-17)39-27(35)23-10-11-34(23)41(36,37)19-4-2-1-3-5-19/h1-5,8-9,12,14-15,17,23,25,28H,6-7,10-11,13,16H2/t23-,25-/m0/s1. The summed E-state index contributed by atoms with van der Waals surface area (Å²) < 4.78 is 69.9. The second kappa shape index (κ2) is 12.5. The molecule has 1 saturated heterocycles. The molecule has 0 bridgehead atoms. The average Bonchev–Trinajstić information content (AvgIpc) is 3.73. The highest BCUT2D eigenvalue weighted by Gasteiger charge is 2.44. The van der Waals surface area contributed by atoms with E-state index in [1.165, 1.54) is 42.7 Å². The minimum Gasteiger partial charge on any atom is -0.489 e. The van der Waals surface area contributed by atoms with Crippen molar-refractivity contribution >= 4 is 39.2 Å². The molecule has 2 fully saturated rings. The van der Waals surface area contributed by atoms with Crippen LogP contribution < -0.4 is 9.47 Å². The van der Waals surface area contributed by atoms with Crippen LogP contribution in [0.5, 0.6) is 11.5 Å². The summed E-state index contributed by atoms with van der Waals surface area (Å²) in [6, 6.07) is 11.0. The second-order valence-electron chi connectivity index (χ2n) is 9.78. The normalized spacial score (nSPS) is 18.0. The van der Waals surface area contributed by atoms with Gasteiger partial charge < -0.3 is 14.2 Å². The van der Waals surface area contributed by atoms with Crippen molar-refractivity contribution in [2.24, 2.45) is 5.92 Å². The van der Waals surface area contributed by atoms with Gasteiger partial charge in [-0.3, -0.25) is 9.78 Å². The molecule has 0 unspecified atom stereocenters. The van der Waals surface area contributed by atoms with Crippen LogP contribution in [0, 0.1) is 5.92 Å². The molecule has 2 atom stereocenters. The van der Waals surface area contributed by atoms with Crippen LogP contribution >= 0.6 is 23.2 Å². The van der Waals surface area contributed by atoms with Crippen LogP contribution in [-0.2, 0) is 26.0 Å². The van der Waals surface area contributed by atoms with Gasteiger partial charge in [-0.2, -0.15) is 13.1 Å². The fourth-order valence-electron chi connectivity index (χ4n) is 4.40. The SMILES string of the molecule is O=C(O[C@@H](Cc1c(Cl)cncc1Cl)c1ccc(OC(F)F)c(OCC2CC2)c1)[C@@H]1CCN1S(=O)(=O)c1ccccc1. The van der Waals surface area contributed by atoms with Gasteiger partial charge >= 0.3 is 12.6 Å². The Morgan fingerprint density at radius 2 is 1.73 bits per heavy atom. The number of carbonyl (C=O) groups is 1. The highest BCUT2D eigenvalue weighted by molar-refractivity contribution is 7.89. The minimum absolute atomic E-state index is 0.00119. The van der Waals surface area contributed by atoms with Gasteiger partial charge in [0.1, 0.15) is 12.1 Å². The number of pyridine rings is 1. The van der Waals surface area contributed by atoms with Gasteiger partial charge in [0.25, 0.3) is 0 Å². The molecule has 3 aromatic rings. The van der Waals surface area contributed by atoms with Crippen LogP contribution in [0.4, 0.5) is 8.78 Å². The van der Waals surface area contributed by atoms with Gasteiger partial charge in [-0.15, -0.1) is 0 Å². The van der Waals surface area contributed by atoms with Crippen molar-refractivity contribution < 1.29 is 36.2 Å². The summed E-state index contributed by atoms with van der Waals surface area (Å²) in [6.45, 7) is -2.59. The van der Waals surface area contributed by atoms with E-state index in [0.29, 0.717) is 23.7 Å². The van der Waals surface area contributed by atoms with Crippen LogP contribution in [0.25, 0.3) is 0 Å². The van der Waals surface area contributed by atoms with E-state index in [9.17, 15) is 22.0 Å². The first-order valence-corrected chi connectivity index (χ1v) is 15.1. The lowest BCUT2D eigenvalue weighted by Gasteiger charge is -2.38. The van der Waals surface area contributed by atoms with Crippen molar-refractivity contribution in [2.75, 3.05) is 13.2 Å². The lowest BCUT2D eigenvalue weighted by atomic mass is 10.0. The molecule has 0 N–H and O–H groups in total. The van der Waals surface area contributed by atoms with Gasteiger partial charge in [-0.25, -0.2) is 8.42 Å². The van der Waals surface area contributed by atoms with Crippen LogP contribution in [-0.4, -0.2) is 49.5 Å². The number of hydrogen-bond donors (Lipinski definition) is 0. The highest BCUT2D eigenvalue weighted by atomic mass is 35.5. The second-order valence-corrected chi connectivity index (χ2v) is 12.5. The summed E-state index contributed by atoms with van der Waals surface area (Å²) >= 11 is 12.7. The predicted molar refractivity (Wildman–Crippen MR) is 147 cm³/mol. The average molecular weight is 627 g/mol. The third-order valence-corrected chi connectivity index (χ3v) is 9.49. The molecule has 1 aliphatic heterocycles. The fraction of sp³-hybridized carbons (Fsp3) is 0.357. The number of halogens is 4. The Bertz CT molecular complexity index is 1490. The summed E-state index contributed by atoms with van der Waals surface area (Å²) in [4.78, 5) is 17.4. The Balaban J connectivity index is 1.44. The van der Waals surface area contributed by atoms with Crippen molar-refractivity contribution in [2.45, 2.75) is 49.3 Å². The van der Waals surface area contributed by atoms with Gasteiger partial charge in [0.05, 0.1) is 21.5 Å². The van der Waals surface area contributed by atoms with Crippen LogP contribution in [0.15, 0.2) is 65.8 Å². The maximum absolute atomic E-state index is 13.4. The molecule has 0 amide bonds. The number of hydrogen-bond acceptors (Lipinski definition) is 7. The van der Waals surface area contributed by atoms with Crippen molar-refractivity contribution in [1.29, 1.82) is 0 Å². The monoisotopic (exact) mass is 626 g/mol.